The first kappa shape index (κ1) is 16.7. The van der Waals surface area contributed by atoms with Crippen LogP contribution in [0.15, 0.2) is 42.5 Å². The number of nitrogens with one attached hydrogen (secondary N) is 1. The Morgan fingerprint density at radius 2 is 1.86 bits per heavy atom. The molecule has 2 rings (SSSR count). The molecule has 116 valence electrons. The highest BCUT2D eigenvalue weighted by molar-refractivity contribution is 6.35. The van der Waals surface area contributed by atoms with Crippen LogP contribution in [0.2, 0.25) is 10.0 Å². The number of carbonyl (C=O) groups excluding carboxylic acids is 1. The zero-order valence-corrected chi connectivity index (χ0v) is 13.9. The van der Waals surface area contributed by atoms with Crippen molar-refractivity contribution in [2.45, 2.75) is 19.9 Å². The lowest BCUT2D eigenvalue weighted by Gasteiger charge is -2.15. The second-order valence-corrected chi connectivity index (χ2v) is 5.91. The number of aryl methyl sites for hydroxylation is 1. The van der Waals surface area contributed by atoms with Gasteiger partial charge in [-0.25, -0.2) is 0 Å². The summed E-state index contributed by atoms with van der Waals surface area (Å²) in [5, 5.41) is 3.79. The van der Waals surface area contributed by atoms with Crippen LogP contribution < -0.4 is 10.1 Å². The van der Waals surface area contributed by atoms with E-state index in [4.69, 9.17) is 27.9 Å². The molecular formula is C17H17Cl2NO2. The summed E-state index contributed by atoms with van der Waals surface area (Å²) < 4.78 is 5.41. The second kappa shape index (κ2) is 7.52. The highest BCUT2D eigenvalue weighted by Crippen LogP contribution is 2.27. The summed E-state index contributed by atoms with van der Waals surface area (Å²) in [7, 11) is 0. The fourth-order valence-electron chi connectivity index (χ4n) is 1.96. The molecule has 0 spiro atoms. The van der Waals surface area contributed by atoms with Gasteiger partial charge in [0.05, 0.1) is 11.1 Å². The van der Waals surface area contributed by atoms with Crippen LogP contribution in [0, 0.1) is 6.92 Å². The molecule has 0 saturated heterocycles. The fraction of sp³-hybridized carbons (Fsp3) is 0.235. The third kappa shape index (κ3) is 4.65. The molecule has 0 saturated carbocycles. The Morgan fingerprint density at radius 1 is 1.18 bits per heavy atom. The monoisotopic (exact) mass is 337 g/mol. The number of hydrogen-bond acceptors (Lipinski definition) is 2. The van der Waals surface area contributed by atoms with E-state index in [1.165, 1.54) is 5.56 Å². The highest BCUT2D eigenvalue weighted by atomic mass is 35.5. The van der Waals surface area contributed by atoms with Crippen molar-refractivity contribution in [3.8, 4) is 5.75 Å². The molecule has 0 aliphatic heterocycles. The Labute approximate surface area is 140 Å². The summed E-state index contributed by atoms with van der Waals surface area (Å²) in [6, 6.07) is 12.8. The van der Waals surface area contributed by atoms with Crippen molar-refractivity contribution in [3.05, 3.63) is 63.6 Å². The molecule has 1 amide bonds. The Hall–Kier alpha value is -1.71. The Morgan fingerprint density at radius 3 is 2.50 bits per heavy atom. The third-order valence-electron chi connectivity index (χ3n) is 3.21. The molecule has 2 aromatic carbocycles. The molecule has 0 fully saturated rings. The molecule has 0 bridgehead atoms. The van der Waals surface area contributed by atoms with Crippen LogP contribution in [0.3, 0.4) is 0 Å². The lowest BCUT2D eigenvalue weighted by Crippen LogP contribution is -2.31. The van der Waals surface area contributed by atoms with Crippen molar-refractivity contribution < 1.29 is 9.53 Å². The van der Waals surface area contributed by atoms with Gasteiger partial charge in [0, 0.05) is 5.02 Å². The van der Waals surface area contributed by atoms with Gasteiger partial charge in [0.15, 0.2) is 6.61 Å². The molecule has 2 aromatic rings. The third-order valence-corrected chi connectivity index (χ3v) is 3.74. The van der Waals surface area contributed by atoms with Gasteiger partial charge in [-0.15, -0.1) is 0 Å². The van der Waals surface area contributed by atoms with Crippen LogP contribution in [0.4, 0.5) is 0 Å². The predicted molar refractivity (Wildman–Crippen MR) is 89.7 cm³/mol. The maximum atomic E-state index is 11.9. The van der Waals surface area contributed by atoms with Gasteiger partial charge in [0.1, 0.15) is 5.75 Å². The fourth-order valence-corrected chi connectivity index (χ4v) is 2.42. The lowest BCUT2D eigenvalue weighted by atomic mass is 10.1. The summed E-state index contributed by atoms with van der Waals surface area (Å²) in [5.74, 6) is 0.225. The Bertz CT molecular complexity index is 656. The van der Waals surface area contributed by atoms with E-state index < -0.39 is 0 Å². The molecule has 1 N–H and O–H groups in total. The molecule has 3 nitrogen and oxygen atoms in total. The molecular weight excluding hydrogens is 321 g/mol. The number of carbonyl (C=O) groups is 1. The smallest absolute Gasteiger partial charge is 0.258 e. The van der Waals surface area contributed by atoms with Crippen LogP contribution >= 0.6 is 23.2 Å². The molecule has 0 aromatic heterocycles. The topological polar surface area (TPSA) is 38.3 Å². The van der Waals surface area contributed by atoms with E-state index in [2.05, 4.69) is 5.32 Å². The zero-order chi connectivity index (χ0) is 16.1. The first-order valence-electron chi connectivity index (χ1n) is 6.89. The molecule has 0 aliphatic rings. The van der Waals surface area contributed by atoms with Crippen molar-refractivity contribution in [1.29, 1.82) is 0 Å². The molecule has 0 radical (unpaired) electrons. The number of ether oxygens (including phenoxy) is 1. The van der Waals surface area contributed by atoms with Crippen LogP contribution in [0.5, 0.6) is 5.75 Å². The van der Waals surface area contributed by atoms with Gasteiger partial charge in [-0.1, -0.05) is 53.0 Å². The van der Waals surface area contributed by atoms with Crippen molar-refractivity contribution in [2.24, 2.45) is 0 Å². The molecule has 1 atom stereocenters. The van der Waals surface area contributed by atoms with Crippen molar-refractivity contribution in [2.75, 3.05) is 6.61 Å². The summed E-state index contributed by atoms with van der Waals surface area (Å²) in [5.41, 5.74) is 2.23. The van der Waals surface area contributed by atoms with E-state index >= 15 is 0 Å². The number of halogens is 2. The van der Waals surface area contributed by atoms with E-state index in [0.29, 0.717) is 15.8 Å². The van der Waals surface area contributed by atoms with Gasteiger partial charge in [0.2, 0.25) is 0 Å². The number of rotatable bonds is 5. The number of hydrogen-bond donors (Lipinski definition) is 1. The van der Waals surface area contributed by atoms with Crippen LogP contribution in [-0.4, -0.2) is 12.5 Å². The highest BCUT2D eigenvalue weighted by Gasteiger charge is 2.11. The minimum Gasteiger partial charge on any atom is -0.482 e. The van der Waals surface area contributed by atoms with E-state index in [1.54, 1.807) is 18.2 Å². The molecule has 5 heteroatoms. The van der Waals surface area contributed by atoms with Crippen molar-refractivity contribution >= 4 is 29.1 Å². The van der Waals surface area contributed by atoms with Crippen molar-refractivity contribution in [3.63, 3.8) is 0 Å². The normalized spacial score (nSPS) is 11.8. The van der Waals surface area contributed by atoms with Crippen LogP contribution in [-0.2, 0) is 4.79 Å². The van der Waals surface area contributed by atoms with Gasteiger partial charge >= 0.3 is 0 Å². The largest absolute Gasteiger partial charge is 0.482 e. The Kier molecular flexibility index (Phi) is 5.69. The summed E-state index contributed by atoms with van der Waals surface area (Å²) in [6.45, 7) is 3.85. The van der Waals surface area contributed by atoms with E-state index in [-0.39, 0.29) is 18.6 Å². The summed E-state index contributed by atoms with van der Waals surface area (Å²) in [4.78, 5) is 11.9. The average molecular weight is 338 g/mol. The van der Waals surface area contributed by atoms with Gasteiger partial charge in [-0.3, -0.25) is 4.79 Å². The zero-order valence-electron chi connectivity index (χ0n) is 12.4. The maximum Gasteiger partial charge on any atom is 0.258 e. The molecule has 0 aliphatic carbocycles. The minimum absolute atomic E-state index is 0.0858. The molecule has 22 heavy (non-hydrogen) atoms. The standard InChI is InChI=1S/C17H17Cl2NO2/c1-11-3-5-13(6-4-11)12(2)20-17(21)10-22-16-8-7-14(18)9-15(16)19/h3-9,12H,10H2,1-2H3,(H,20,21). The first-order valence-corrected chi connectivity index (χ1v) is 7.65. The first-order chi connectivity index (χ1) is 10.5. The van der Waals surface area contributed by atoms with Gasteiger partial charge in [-0.05, 0) is 37.6 Å². The maximum absolute atomic E-state index is 11.9. The lowest BCUT2D eigenvalue weighted by molar-refractivity contribution is -0.123. The summed E-state index contributed by atoms with van der Waals surface area (Å²) >= 11 is 11.8. The van der Waals surface area contributed by atoms with E-state index in [1.807, 2.05) is 38.1 Å². The predicted octanol–water partition coefficient (Wildman–Crippen LogP) is 4.56. The molecule has 1 unspecified atom stereocenters. The second-order valence-electron chi connectivity index (χ2n) is 5.06. The van der Waals surface area contributed by atoms with E-state index in [0.717, 1.165) is 5.56 Å². The molecule has 0 heterocycles. The quantitative estimate of drug-likeness (QED) is 0.868. The van der Waals surface area contributed by atoms with Gasteiger partial charge in [-0.2, -0.15) is 0 Å². The van der Waals surface area contributed by atoms with Gasteiger partial charge < -0.3 is 10.1 Å². The average Bonchev–Trinajstić information content (AvgIpc) is 2.47. The Balaban J connectivity index is 1.88. The van der Waals surface area contributed by atoms with Crippen LogP contribution in [0.1, 0.15) is 24.1 Å². The summed E-state index contributed by atoms with van der Waals surface area (Å²) in [6.07, 6.45) is 0. The van der Waals surface area contributed by atoms with Gasteiger partial charge in [0.25, 0.3) is 5.91 Å². The van der Waals surface area contributed by atoms with E-state index in [9.17, 15) is 4.79 Å². The van der Waals surface area contributed by atoms with Crippen molar-refractivity contribution in [1.82, 2.24) is 5.32 Å². The minimum atomic E-state index is -0.209. The van der Waals surface area contributed by atoms with Crippen LogP contribution in [0.25, 0.3) is 0 Å². The SMILES string of the molecule is Cc1ccc(C(C)NC(=O)COc2ccc(Cl)cc2Cl)cc1. The number of amides is 1. The number of benzene rings is 2.